The number of alkyl halides is 6. The monoisotopic (exact) mass is 562 g/mol. The van der Waals surface area contributed by atoms with E-state index in [1.807, 2.05) is 0 Å². The molecule has 0 spiro atoms. The molecule has 3 aromatic rings. The van der Waals surface area contributed by atoms with Crippen LogP contribution in [0.5, 0.6) is 5.75 Å². The van der Waals surface area contributed by atoms with Crippen LogP contribution in [0.3, 0.4) is 0 Å². The summed E-state index contributed by atoms with van der Waals surface area (Å²) in [6.45, 7) is 0. The van der Waals surface area contributed by atoms with E-state index >= 15 is 0 Å². The van der Waals surface area contributed by atoms with Gasteiger partial charge in [-0.05, 0) is 53.1 Å². The molecule has 40 heavy (non-hydrogen) atoms. The third-order valence-corrected chi connectivity index (χ3v) is 5.80. The lowest BCUT2D eigenvalue weighted by molar-refractivity contribution is -0.274. The number of hydrogen-bond acceptors (Lipinski definition) is 4. The first-order valence-electron chi connectivity index (χ1n) is 11.6. The zero-order valence-electron chi connectivity index (χ0n) is 20.3. The average molecular weight is 562 g/mol. The van der Waals surface area contributed by atoms with Crippen LogP contribution in [0, 0.1) is 0 Å². The van der Waals surface area contributed by atoms with Crippen molar-refractivity contribution >= 4 is 28.8 Å². The number of allylic oxidation sites excluding steroid dienone is 2. The lowest BCUT2D eigenvalue weighted by atomic mass is 9.96. The Balaban J connectivity index is 1.63. The Hall–Kier alpha value is -4.58. The summed E-state index contributed by atoms with van der Waals surface area (Å²) in [5.74, 6) is -1.72. The summed E-state index contributed by atoms with van der Waals surface area (Å²) in [6, 6.07) is 13.6. The molecule has 0 aliphatic carbocycles. The SMILES string of the molecule is O=C(/C=C/C=C(/c1ccc(C(F)(F)F)cc1)c1cccc(OC(F)(F)F)c1)Nc1cccc2c1CC(O)C(=O)N2. The van der Waals surface area contributed by atoms with E-state index in [1.165, 1.54) is 24.3 Å². The molecule has 0 aromatic heterocycles. The van der Waals surface area contributed by atoms with E-state index in [-0.39, 0.29) is 23.1 Å². The van der Waals surface area contributed by atoms with E-state index in [1.54, 1.807) is 18.2 Å². The molecule has 6 nitrogen and oxygen atoms in total. The number of halogens is 6. The Morgan fingerprint density at radius 1 is 0.975 bits per heavy atom. The average Bonchev–Trinajstić information content (AvgIpc) is 2.86. The number of fused-ring (bicyclic) bond motifs is 1. The van der Waals surface area contributed by atoms with Crippen molar-refractivity contribution in [3.63, 3.8) is 0 Å². The molecule has 2 amide bonds. The first kappa shape index (κ1) is 28.4. The smallest absolute Gasteiger partial charge is 0.406 e. The maximum Gasteiger partial charge on any atom is 0.573 e. The molecule has 0 saturated carbocycles. The van der Waals surface area contributed by atoms with Crippen molar-refractivity contribution in [2.24, 2.45) is 0 Å². The van der Waals surface area contributed by atoms with Gasteiger partial charge in [-0.15, -0.1) is 13.2 Å². The van der Waals surface area contributed by atoms with Crippen LogP contribution in [0.15, 0.2) is 85.0 Å². The second-order valence-electron chi connectivity index (χ2n) is 8.62. The van der Waals surface area contributed by atoms with Crippen molar-refractivity contribution in [1.82, 2.24) is 0 Å². The second kappa shape index (κ2) is 11.3. The van der Waals surface area contributed by atoms with Gasteiger partial charge < -0.3 is 20.5 Å². The number of carbonyl (C=O) groups is 2. The third kappa shape index (κ3) is 7.08. The van der Waals surface area contributed by atoms with E-state index in [0.29, 0.717) is 16.9 Å². The van der Waals surface area contributed by atoms with Crippen molar-refractivity contribution in [3.05, 3.63) is 107 Å². The minimum atomic E-state index is -4.95. The number of ether oxygens (including phenoxy) is 1. The van der Waals surface area contributed by atoms with E-state index in [2.05, 4.69) is 15.4 Å². The van der Waals surface area contributed by atoms with Crippen molar-refractivity contribution in [3.8, 4) is 5.75 Å². The quantitative estimate of drug-likeness (QED) is 0.193. The third-order valence-electron chi connectivity index (χ3n) is 5.80. The predicted octanol–water partition coefficient (Wildman–Crippen LogP) is 6.09. The van der Waals surface area contributed by atoms with Gasteiger partial charge in [0.1, 0.15) is 11.9 Å². The van der Waals surface area contributed by atoms with Crippen molar-refractivity contribution < 1.29 is 45.8 Å². The van der Waals surface area contributed by atoms with E-state index < -0.39 is 41.8 Å². The molecular weight excluding hydrogens is 542 g/mol. The fourth-order valence-electron chi connectivity index (χ4n) is 4.01. The Kier molecular flexibility index (Phi) is 8.01. The van der Waals surface area contributed by atoms with Gasteiger partial charge in [-0.2, -0.15) is 13.2 Å². The number of anilines is 2. The van der Waals surface area contributed by atoms with Crippen molar-refractivity contribution in [2.75, 3.05) is 10.6 Å². The Morgan fingerprint density at radius 3 is 2.35 bits per heavy atom. The van der Waals surface area contributed by atoms with Crippen LogP contribution in [0.2, 0.25) is 0 Å². The van der Waals surface area contributed by atoms with Gasteiger partial charge in [0.05, 0.1) is 5.56 Å². The molecule has 1 aliphatic rings. The molecule has 3 N–H and O–H groups in total. The number of aliphatic hydroxyl groups is 1. The first-order chi connectivity index (χ1) is 18.8. The fraction of sp³-hybridized carbons (Fsp3) is 0.143. The van der Waals surface area contributed by atoms with Gasteiger partial charge in [-0.1, -0.05) is 42.5 Å². The summed E-state index contributed by atoms with van der Waals surface area (Å²) in [5.41, 5.74) is 1.02. The van der Waals surface area contributed by atoms with Crippen LogP contribution >= 0.6 is 0 Å². The molecule has 1 aliphatic heterocycles. The minimum Gasteiger partial charge on any atom is -0.406 e. The van der Waals surface area contributed by atoms with Gasteiger partial charge in [0.25, 0.3) is 5.91 Å². The molecule has 0 bridgehead atoms. The zero-order chi connectivity index (χ0) is 29.1. The standard InChI is InChI=1S/C28H20F6N2O4/c29-27(30,31)18-12-10-16(11-13-18)20(17-4-1-5-19(14-17)40-28(32,33)34)6-2-9-25(38)35-22-7-3-8-23-21(22)15-24(37)26(39)36-23/h1-14,24,37H,15H2,(H,35,38)(H,36,39)/b9-2+,20-6-. The van der Waals surface area contributed by atoms with Crippen LogP contribution in [-0.4, -0.2) is 29.4 Å². The largest absolute Gasteiger partial charge is 0.573 e. The Labute approximate surface area is 223 Å². The molecular formula is C28H20F6N2O4. The van der Waals surface area contributed by atoms with Crippen LogP contribution in [0.4, 0.5) is 37.7 Å². The van der Waals surface area contributed by atoms with Gasteiger partial charge in [0.15, 0.2) is 0 Å². The number of benzene rings is 3. The van der Waals surface area contributed by atoms with Gasteiger partial charge in [0, 0.05) is 29.4 Å². The molecule has 3 aromatic carbocycles. The highest BCUT2D eigenvalue weighted by atomic mass is 19.4. The molecule has 208 valence electrons. The maximum atomic E-state index is 13.0. The number of amides is 2. The topological polar surface area (TPSA) is 87.7 Å². The Bertz CT molecular complexity index is 1480. The van der Waals surface area contributed by atoms with E-state index in [9.17, 15) is 41.0 Å². The molecule has 1 atom stereocenters. The van der Waals surface area contributed by atoms with Crippen molar-refractivity contribution in [1.29, 1.82) is 0 Å². The number of hydrogen-bond donors (Lipinski definition) is 3. The van der Waals surface area contributed by atoms with E-state index in [0.717, 1.165) is 42.5 Å². The van der Waals surface area contributed by atoms with Crippen LogP contribution in [0.25, 0.3) is 5.57 Å². The predicted molar refractivity (Wildman–Crippen MR) is 134 cm³/mol. The number of rotatable bonds is 6. The summed E-state index contributed by atoms with van der Waals surface area (Å²) < 4.78 is 81.3. The lowest BCUT2D eigenvalue weighted by Gasteiger charge is -2.23. The fourth-order valence-corrected chi connectivity index (χ4v) is 4.01. The molecule has 0 radical (unpaired) electrons. The highest BCUT2D eigenvalue weighted by Crippen LogP contribution is 2.33. The number of carbonyl (C=O) groups excluding carboxylic acids is 2. The highest BCUT2D eigenvalue weighted by molar-refractivity contribution is 6.03. The summed E-state index contributed by atoms with van der Waals surface area (Å²) in [5, 5.41) is 15.0. The van der Waals surface area contributed by atoms with Crippen molar-refractivity contribution in [2.45, 2.75) is 25.1 Å². The van der Waals surface area contributed by atoms with Crippen LogP contribution in [-0.2, 0) is 22.2 Å². The van der Waals surface area contributed by atoms with Gasteiger partial charge in [-0.25, -0.2) is 0 Å². The van der Waals surface area contributed by atoms with Gasteiger partial charge in [0.2, 0.25) is 5.91 Å². The summed E-state index contributed by atoms with van der Waals surface area (Å²) in [4.78, 5) is 24.3. The van der Waals surface area contributed by atoms with E-state index in [4.69, 9.17) is 0 Å². The minimum absolute atomic E-state index is 0.0182. The molecule has 4 rings (SSSR count). The van der Waals surface area contributed by atoms with Gasteiger partial charge in [-0.3, -0.25) is 9.59 Å². The molecule has 0 saturated heterocycles. The summed E-state index contributed by atoms with van der Waals surface area (Å²) >= 11 is 0. The molecule has 0 fully saturated rings. The maximum absolute atomic E-state index is 13.0. The highest BCUT2D eigenvalue weighted by Gasteiger charge is 2.32. The number of aliphatic hydroxyl groups excluding tert-OH is 1. The zero-order valence-corrected chi connectivity index (χ0v) is 20.3. The van der Waals surface area contributed by atoms with Gasteiger partial charge >= 0.3 is 12.5 Å². The van der Waals surface area contributed by atoms with Crippen LogP contribution in [0.1, 0.15) is 22.3 Å². The first-order valence-corrected chi connectivity index (χ1v) is 11.6. The number of nitrogens with one attached hydrogen (secondary N) is 2. The van der Waals surface area contributed by atoms with Crippen LogP contribution < -0.4 is 15.4 Å². The summed E-state index contributed by atoms with van der Waals surface area (Å²) in [7, 11) is 0. The molecule has 1 unspecified atom stereocenters. The summed E-state index contributed by atoms with van der Waals surface area (Å²) in [6.07, 6.45) is -7.09. The lowest BCUT2D eigenvalue weighted by Crippen LogP contribution is -2.34. The molecule has 12 heteroatoms. The normalized spacial score (nSPS) is 15.9. The Morgan fingerprint density at radius 2 is 1.68 bits per heavy atom. The second-order valence-corrected chi connectivity index (χ2v) is 8.62. The molecule has 1 heterocycles.